The van der Waals surface area contributed by atoms with Gasteiger partial charge in [-0.2, -0.15) is 0 Å². The Hall–Kier alpha value is -0.610. The SMILES string of the molecule is CNCCC(=O)N(C)N. The lowest BCUT2D eigenvalue weighted by molar-refractivity contribution is -0.130. The lowest BCUT2D eigenvalue weighted by atomic mass is 10.4. The molecular weight excluding hydrogens is 118 g/mol. The van der Waals surface area contributed by atoms with Crippen LogP contribution in [-0.2, 0) is 4.79 Å². The number of hydrogen-bond donors (Lipinski definition) is 2. The molecule has 0 rings (SSSR count). The molecule has 0 unspecified atom stereocenters. The van der Waals surface area contributed by atoms with Gasteiger partial charge >= 0.3 is 0 Å². The quantitative estimate of drug-likeness (QED) is 0.291. The van der Waals surface area contributed by atoms with Crippen molar-refractivity contribution in [1.82, 2.24) is 10.3 Å². The highest BCUT2D eigenvalue weighted by Gasteiger charge is 2.00. The molecule has 54 valence electrons. The molecule has 0 atom stereocenters. The molecule has 0 fully saturated rings. The fraction of sp³-hybridized carbons (Fsp3) is 0.800. The molecule has 0 aliphatic heterocycles. The van der Waals surface area contributed by atoms with E-state index in [1.807, 2.05) is 0 Å². The molecule has 0 saturated carbocycles. The van der Waals surface area contributed by atoms with Gasteiger partial charge in [-0.1, -0.05) is 0 Å². The molecule has 0 saturated heterocycles. The van der Waals surface area contributed by atoms with Crippen molar-refractivity contribution >= 4 is 5.91 Å². The number of hydrazine groups is 1. The molecule has 0 aromatic rings. The first-order valence-corrected chi connectivity index (χ1v) is 2.84. The Balaban J connectivity index is 3.28. The van der Waals surface area contributed by atoms with Crippen LogP contribution in [0, 0.1) is 0 Å². The highest BCUT2D eigenvalue weighted by Crippen LogP contribution is 1.80. The van der Waals surface area contributed by atoms with Crippen LogP contribution in [0.1, 0.15) is 6.42 Å². The van der Waals surface area contributed by atoms with E-state index in [4.69, 9.17) is 5.84 Å². The minimum atomic E-state index is -0.0515. The van der Waals surface area contributed by atoms with Crippen molar-refractivity contribution in [3.8, 4) is 0 Å². The maximum Gasteiger partial charge on any atom is 0.237 e. The van der Waals surface area contributed by atoms with Crippen molar-refractivity contribution < 1.29 is 4.79 Å². The zero-order valence-corrected chi connectivity index (χ0v) is 5.85. The lowest BCUT2D eigenvalue weighted by Crippen LogP contribution is -2.34. The molecule has 9 heavy (non-hydrogen) atoms. The number of rotatable bonds is 3. The van der Waals surface area contributed by atoms with Gasteiger partial charge in [0.15, 0.2) is 0 Å². The second-order valence-electron chi connectivity index (χ2n) is 1.86. The molecule has 0 aliphatic carbocycles. The zero-order chi connectivity index (χ0) is 7.28. The zero-order valence-electron chi connectivity index (χ0n) is 5.85. The van der Waals surface area contributed by atoms with E-state index in [0.29, 0.717) is 13.0 Å². The molecular formula is C5H13N3O. The van der Waals surface area contributed by atoms with Crippen LogP contribution in [0.2, 0.25) is 0 Å². The van der Waals surface area contributed by atoms with Gasteiger partial charge in [-0.05, 0) is 7.05 Å². The van der Waals surface area contributed by atoms with E-state index in [9.17, 15) is 4.79 Å². The fourth-order valence-electron chi connectivity index (χ4n) is 0.408. The van der Waals surface area contributed by atoms with Crippen LogP contribution in [0.5, 0.6) is 0 Å². The van der Waals surface area contributed by atoms with E-state index in [2.05, 4.69) is 5.32 Å². The van der Waals surface area contributed by atoms with Crippen LogP contribution in [-0.4, -0.2) is 31.6 Å². The van der Waals surface area contributed by atoms with Gasteiger partial charge < -0.3 is 5.32 Å². The summed E-state index contributed by atoms with van der Waals surface area (Å²) in [4.78, 5) is 10.7. The van der Waals surface area contributed by atoms with Crippen molar-refractivity contribution in [2.24, 2.45) is 5.84 Å². The van der Waals surface area contributed by atoms with Crippen LogP contribution in [0.4, 0.5) is 0 Å². The number of nitrogens with zero attached hydrogens (tertiary/aromatic N) is 1. The van der Waals surface area contributed by atoms with Crippen molar-refractivity contribution in [3.05, 3.63) is 0 Å². The first-order chi connectivity index (χ1) is 4.18. The van der Waals surface area contributed by atoms with E-state index in [0.717, 1.165) is 5.01 Å². The van der Waals surface area contributed by atoms with Crippen LogP contribution < -0.4 is 11.2 Å². The summed E-state index contributed by atoms with van der Waals surface area (Å²) in [5.41, 5.74) is 0. The largest absolute Gasteiger partial charge is 0.319 e. The summed E-state index contributed by atoms with van der Waals surface area (Å²) in [5.74, 6) is 5.08. The number of hydrogen-bond acceptors (Lipinski definition) is 3. The standard InChI is InChI=1S/C5H13N3O/c1-7-4-3-5(9)8(2)6/h7H,3-4,6H2,1-2H3. The average molecular weight is 131 g/mol. The predicted molar refractivity (Wildman–Crippen MR) is 35.5 cm³/mol. The molecule has 4 heteroatoms. The van der Waals surface area contributed by atoms with E-state index >= 15 is 0 Å². The smallest absolute Gasteiger partial charge is 0.237 e. The maximum atomic E-state index is 10.7. The van der Waals surface area contributed by atoms with Gasteiger partial charge in [0, 0.05) is 20.0 Å². The average Bonchev–Trinajstić information content (AvgIpc) is 1.82. The highest BCUT2D eigenvalue weighted by atomic mass is 16.2. The predicted octanol–water partition coefficient (Wildman–Crippen LogP) is -1.07. The number of amides is 1. The van der Waals surface area contributed by atoms with Crippen LogP contribution in [0.25, 0.3) is 0 Å². The van der Waals surface area contributed by atoms with Gasteiger partial charge in [0.1, 0.15) is 0 Å². The Morgan fingerprint density at radius 1 is 1.78 bits per heavy atom. The number of carbonyl (C=O) groups is 1. The monoisotopic (exact) mass is 131 g/mol. The lowest BCUT2D eigenvalue weighted by Gasteiger charge is -2.08. The Morgan fingerprint density at radius 2 is 2.33 bits per heavy atom. The van der Waals surface area contributed by atoms with Crippen molar-refractivity contribution in [3.63, 3.8) is 0 Å². The van der Waals surface area contributed by atoms with Gasteiger partial charge in [0.05, 0.1) is 0 Å². The summed E-state index contributed by atoms with van der Waals surface area (Å²) in [7, 11) is 3.34. The second-order valence-corrected chi connectivity index (χ2v) is 1.86. The third-order valence-electron chi connectivity index (χ3n) is 0.982. The summed E-state index contributed by atoms with van der Waals surface area (Å²) in [6, 6.07) is 0. The van der Waals surface area contributed by atoms with E-state index in [1.54, 1.807) is 7.05 Å². The third kappa shape index (κ3) is 3.93. The normalized spacial score (nSPS) is 9.22. The van der Waals surface area contributed by atoms with Crippen LogP contribution in [0.15, 0.2) is 0 Å². The number of nitrogens with two attached hydrogens (primary N) is 1. The Morgan fingerprint density at radius 3 is 2.67 bits per heavy atom. The summed E-state index contributed by atoms with van der Waals surface area (Å²) in [6.45, 7) is 0.681. The van der Waals surface area contributed by atoms with Crippen LogP contribution in [0.3, 0.4) is 0 Å². The maximum absolute atomic E-state index is 10.7. The molecule has 1 amide bonds. The molecule has 0 aromatic carbocycles. The van der Waals surface area contributed by atoms with E-state index < -0.39 is 0 Å². The molecule has 0 heterocycles. The Labute approximate surface area is 55.0 Å². The summed E-state index contributed by atoms with van der Waals surface area (Å²) < 4.78 is 0. The molecule has 0 radical (unpaired) electrons. The van der Waals surface area contributed by atoms with Gasteiger partial charge in [-0.15, -0.1) is 0 Å². The summed E-state index contributed by atoms with van der Waals surface area (Å²) in [6.07, 6.45) is 0.462. The topological polar surface area (TPSA) is 58.4 Å². The number of nitrogens with one attached hydrogen (secondary N) is 1. The molecule has 0 aromatic heterocycles. The molecule has 0 aliphatic rings. The van der Waals surface area contributed by atoms with E-state index in [1.165, 1.54) is 7.05 Å². The minimum Gasteiger partial charge on any atom is -0.319 e. The first kappa shape index (κ1) is 8.39. The molecule has 4 nitrogen and oxygen atoms in total. The Kier molecular flexibility index (Phi) is 4.00. The van der Waals surface area contributed by atoms with Crippen LogP contribution >= 0.6 is 0 Å². The highest BCUT2D eigenvalue weighted by molar-refractivity contribution is 5.75. The molecule has 3 N–H and O–H groups in total. The van der Waals surface area contributed by atoms with Crippen molar-refractivity contribution in [2.45, 2.75) is 6.42 Å². The molecule has 0 spiro atoms. The fourth-order valence-corrected chi connectivity index (χ4v) is 0.408. The Bertz CT molecular complexity index is 92.2. The van der Waals surface area contributed by atoms with Gasteiger partial charge in [-0.3, -0.25) is 9.80 Å². The summed E-state index contributed by atoms with van der Waals surface area (Å²) >= 11 is 0. The van der Waals surface area contributed by atoms with Crippen molar-refractivity contribution in [2.75, 3.05) is 20.6 Å². The summed E-state index contributed by atoms with van der Waals surface area (Å²) in [5, 5.41) is 3.94. The third-order valence-corrected chi connectivity index (χ3v) is 0.982. The van der Waals surface area contributed by atoms with Crippen molar-refractivity contribution in [1.29, 1.82) is 0 Å². The second kappa shape index (κ2) is 4.29. The first-order valence-electron chi connectivity index (χ1n) is 2.84. The molecule has 0 bridgehead atoms. The van der Waals surface area contributed by atoms with Gasteiger partial charge in [0.2, 0.25) is 5.91 Å². The minimum absolute atomic E-state index is 0.0515. The van der Waals surface area contributed by atoms with Gasteiger partial charge in [0.25, 0.3) is 0 Å². The number of carbonyl (C=O) groups excluding carboxylic acids is 1. The van der Waals surface area contributed by atoms with E-state index in [-0.39, 0.29) is 5.91 Å². The van der Waals surface area contributed by atoms with Gasteiger partial charge in [-0.25, -0.2) is 5.84 Å².